The van der Waals surface area contributed by atoms with Crippen molar-refractivity contribution < 1.29 is 12.8 Å². The zero-order valence-corrected chi connectivity index (χ0v) is 17.4. The summed E-state index contributed by atoms with van der Waals surface area (Å²) >= 11 is 0. The van der Waals surface area contributed by atoms with Crippen LogP contribution in [0.3, 0.4) is 0 Å². The molecule has 0 atom stereocenters. The fourth-order valence-electron chi connectivity index (χ4n) is 4.28. The van der Waals surface area contributed by atoms with Gasteiger partial charge in [-0.1, -0.05) is 48.5 Å². The van der Waals surface area contributed by atoms with Crippen molar-refractivity contribution in [3.63, 3.8) is 0 Å². The molecule has 5 rings (SSSR count). The van der Waals surface area contributed by atoms with E-state index in [0.29, 0.717) is 18.0 Å². The maximum Gasteiger partial charge on any atom is 0.243 e. The molecule has 0 unspecified atom stereocenters. The minimum atomic E-state index is -3.49. The van der Waals surface area contributed by atoms with Crippen LogP contribution in [0.1, 0.15) is 11.1 Å². The molecule has 0 aromatic heterocycles. The van der Waals surface area contributed by atoms with Gasteiger partial charge in [0.2, 0.25) is 10.0 Å². The molecule has 3 aromatic carbocycles. The fraction of sp³-hybridized carbons (Fsp3) is 0.250. The van der Waals surface area contributed by atoms with Crippen molar-refractivity contribution in [1.82, 2.24) is 9.21 Å². The summed E-state index contributed by atoms with van der Waals surface area (Å²) in [6.07, 6.45) is 1.02. The van der Waals surface area contributed by atoms with Crippen LogP contribution in [0.4, 0.5) is 4.39 Å². The number of halogens is 1. The number of fused-ring (bicyclic) bond motifs is 1. The van der Waals surface area contributed by atoms with E-state index in [1.165, 1.54) is 23.3 Å². The zero-order chi connectivity index (χ0) is 20.7. The topological polar surface area (TPSA) is 40.6 Å². The molecule has 0 bridgehead atoms. The van der Waals surface area contributed by atoms with Crippen molar-refractivity contribution >= 4 is 10.0 Å². The molecule has 0 saturated carbocycles. The van der Waals surface area contributed by atoms with Gasteiger partial charge >= 0.3 is 0 Å². The summed E-state index contributed by atoms with van der Waals surface area (Å²) in [5, 5.41) is 0. The van der Waals surface area contributed by atoms with E-state index in [0.717, 1.165) is 30.6 Å². The van der Waals surface area contributed by atoms with Crippen LogP contribution in [0.2, 0.25) is 0 Å². The Hall–Kier alpha value is -2.54. The van der Waals surface area contributed by atoms with Gasteiger partial charge in [0.15, 0.2) is 0 Å². The van der Waals surface area contributed by atoms with Crippen molar-refractivity contribution in [2.75, 3.05) is 19.6 Å². The van der Waals surface area contributed by atoms with Crippen LogP contribution in [-0.2, 0) is 23.0 Å². The van der Waals surface area contributed by atoms with Crippen LogP contribution < -0.4 is 0 Å². The van der Waals surface area contributed by atoms with Gasteiger partial charge in [-0.2, -0.15) is 4.31 Å². The third-order valence-corrected chi connectivity index (χ3v) is 8.02. The Balaban J connectivity index is 1.25. The summed E-state index contributed by atoms with van der Waals surface area (Å²) in [5.74, 6) is -0.289. The summed E-state index contributed by atoms with van der Waals surface area (Å²) < 4.78 is 40.7. The van der Waals surface area contributed by atoms with Crippen LogP contribution in [0.5, 0.6) is 0 Å². The molecular formula is C24H23FN2O2S. The Labute approximate surface area is 176 Å². The Morgan fingerprint density at radius 3 is 2.07 bits per heavy atom. The first-order valence-corrected chi connectivity index (χ1v) is 11.6. The van der Waals surface area contributed by atoms with Crippen LogP contribution in [0.15, 0.2) is 77.7 Å². The van der Waals surface area contributed by atoms with Gasteiger partial charge < -0.3 is 0 Å². The molecule has 1 fully saturated rings. The highest BCUT2D eigenvalue weighted by Crippen LogP contribution is 2.29. The zero-order valence-electron chi connectivity index (χ0n) is 16.5. The number of nitrogens with zero attached hydrogens (tertiary/aromatic N) is 2. The molecule has 0 N–H and O–H groups in total. The molecule has 154 valence electrons. The SMILES string of the molecule is O=S(=O)(c1ccc(-c2ccc(F)cc2)cc1)N1CC(N2CCc3ccccc3C2)C1. The Morgan fingerprint density at radius 1 is 0.800 bits per heavy atom. The number of benzene rings is 3. The summed E-state index contributed by atoms with van der Waals surface area (Å²) in [6, 6.07) is 21.8. The molecule has 2 aliphatic rings. The fourth-order valence-corrected chi connectivity index (χ4v) is 5.80. The molecule has 3 aromatic rings. The van der Waals surface area contributed by atoms with Gasteiger partial charge in [0.25, 0.3) is 0 Å². The van der Waals surface area contributed by atoms with E-state index in [2.05, 4.69) is 29.2 Å². The van der Waals surface area contributed by atoms with E-state index in [-0.39, 0.29) is 11.9 Å². The predicted molar refractivity (Wildman–Crippen MR) is 115 cm³/mol. The third kappa shape index (κ3) is 3.55. The standard InChI is InChI=1S/C24H23FN2O2S/c25-22-9-5-19(6-10-22)20-7-11-24(12-8-20)30(28,29)27-16-23(17-27)26-14-13-18-3-1-2-4-21(18)15-26/h1-12,23H,13-17H2. The largest absolute Gasteiger partial charge is 0.293 e. The van der Waals surface area contributed by atoms with E-state index < -0.39 is 10.0 Å². The Bertz CT molecular complexity index is 1150. The summed E-state index contributed by atoms with van der Waals surface area (Å²) in [5.41, 5.74) is 4.47. The quantitative estimate of drug-likeness (QED) is 0.640. The third-order valence-electron chi connectivity index (χ3n) is 6.17. The predicted octanol–water partition coefficient (Wildman–Crippen LogP) is 3.92. The average Bonchev–Trinajstić information content (AvgIpc) is 2.73. The molecule has 2 heterocycles. The van der Waals surface area contributed by atoms with Crippen LogP contribution in [-0.4, -0.2) is 43.3 Å². The summed E-state index contributed by atoms with van der Waals surface area (Å²) in [6.45, 7) is 2.93. The lowest BCUT2D eigenvalue weighted by atomic mass is 9.97. The summed E-state index contributed by atoms with van der Waals surface area (Å²) in [7, 11) is -3.49. The smallest absolute Gasteiger partial charge is 0.243 e. The number of rotatable bonds is 4. The first-order valence-electron chi connectivity index (χ1n) is 10.2. The number of hydrogen-bond acceptors (Lipinski definition) is 3. The molecule has 0 amide bonds. The molecule has 4 nitrogen and oxygen atoms in total. The van der Waals surface area contributed by atoms with Gasteiger partial charge in [-0.25, -0.2) is 12.8 Å². The van der Waals surface area contributed by atoms with E-state index >= 15 is 0 Å². The molecule has 0 radical (unpaired) electrons. The van der Waals surface area contributed by atoms with Crippen molar-refractivity contribution in [1.29, 1.82) is 0 Å². The van der Waals surface area contributed by atoms with Gasteiger partial charge in [0.1, 0.15) is 5.82 Å². The first-order chi connectivity index (χ1) is 14.5. The van der Waals surface area contributed by atoms with Crippen LogP contribution in [0.25, 0.3) is 11.1 Å². The van der Waals surface area contributed by atoms with Gasteiger partial charge in [0.05, 0.1) is 4.90 Å². The lowest BCUT2D eigenvalue weighted by Crippen LogP contribution is -2.61. The minimum Gasteiger partial charge on any atom is -0.293 e. The van der Waals surface area contributed by atoms with Gasteiger partial charge in [-0.3, -0.25) is 4.90 Å². The molecular weight excluding hydrogens is 399 g/mol. The molecule has 2 aliphatic heterocycles. The Kier molecular flexibility index (Phi) is 4.93. The maximum absolute atomic E-state index is 13.1. The lowest BCUT2D eigenvalue weighted by molar-refractivity contribution is 0.0769. The van der Waals surface area contributed by atoms with Gasteiger partial charge in [0, 0.05) is 32.2 Å². The van der Waals surface area contributed by atoms with E-state index in [9.17, 15) is 12.8 Å². The summed E-state index contributed by atoms with van der Waals surface area (Å²) in [4.78, 5) is 2.70. The van der Waals surface area contributed by atoms with Crippen molar-refractivity contribution in [2.45, 2.75) is 23.9 Å². The molecule has 0 aliphatic carbocycles. The van der Waals surface area contributed by atoms with Crippen LogP contribution in [0, 0.1) is 5.82 Å². The molecule has 0 spiro atoms. The maximum atomic E-state index is 13.1. The van der Waals surface area contributed by atoms with Crippen molar-refractivity contribution in [3.8, 4) is 11.1 Å². The van der Waals surface area contributed by atoms with Crippen molar-refractivity contribution in [3.05, 3.63) is 89.7 Å². The molecule has 6 heteroatoms. The lowest BCUT2D eigenvalue weighted by Gasteiger charge is -2.46. The highest BCUT2D eigenvalue weighted by atomic mass is 32.2. The van der Waals surface area contributed by atoms with Crippen molar-refractivity contribution in [2.24, 2.45) is 0 Å². The highest BCUT2D eigenvalue weighted by molar-refractivity contribution is 7.89. The number of sulfonamides is 1. The van der Waals surface area contributed by atoms with Gasteiger partial charge in [-0.15, -0.1) is 0 Å². The first kappa shape index (κ1) is 19.4. The average molecular weight is 423 g/mol. The highest BCUT2D eigenvalue weighted by Gasteiger charge is 2.40. The monoisotopic (exact) mass is 422 g/mol. The molecule has 1 saturated heterocycles. The van der Waals surface area contributed by atoms with E-state index in [1.54, 1.807) is 40.7 Å². The molecule has 30 heavy (non-hydrogen) atoms. The Morgan fingerprint density at radius 2 is 1.40 bits per heavy atom. The number of hydrogen-bond donors (Lipinski definition) is 0. The van der Waals surface area contributed by atoms with Gasteiger partial charge in [-0.05, 0) is 52.9 Å². The second-order valence-electron chi connectivity index (χ2n) is 8.00. The van der Waals surface area contributed by atoms with E-state index in [1.807, 2.05) is 0 Å². The normalized spacial score (nSPS) is 18.0. The van der Waals surface area contributed by atoms with E-state index in [4.69, 9.17) is 0 Å². The second kappa shape index (κ2) is 7.61. The van der Waals surface area contributed by atoms with Crippen LogP contribution >= 0.6 is 0 Å². The minimum absolute atomic E-state index is 0.270. The second-order valence-corrected chi connectivity index (χ2v) is 9.93.